The Morgan fingerprint density at radius 3 is 2.89 bits per heavy atom. The molecule has 0 aliphatic carbocycles. The molecule has 0 spiro atoms. The van der Waals surface area contributed by atoms with Crippen molar-refractivity contribution in [3.05, 3.63) is 26.4 Å². The van der Waals surface area contributed by atoms with E-state index in [1.807, 2.05) is 6.92 Å². The third-order valence-corrected chi connectivity index (χ3v) is 3.55. The molecule has 6 heteroatoms. The number of nitrogens with zero attached hydrogens (tertiary/aromatic N) is 1. The molecule has 0 amide bonds. The summed E-state index contributed by atoms with van der Waals surface area (Å²) in [5.74, 6) is 0.238. The van der Waals surface area contributed by atoms with Crippen molar-refractivity contribution in [1.82, 2.24) is 9.55 Å². The molecular formula is C13H20N2O4. The van der Waals surface area contributed by atoms with Gasteiger partial charge in [0.25, 0.3) is 5.56 Å². The van der Waals surface area contributed by atoms with Crippen molar-refractivity contribution in [2.24, 2.45) is 5.92 Å². The predicted molar refractivity (Wildman–Crippen MR) is 70.5 cm³/mol. The zero-order valence-electron chi connectivity index (χ0n) is 11.1. The number of ether oxygens (including phenoxy) is 1. The van der Waals surface area contributed by atoms with E-state index in [0.29, 0.717) is 31.1 Å². The molecule has 1 aliphatic rings. The van der Waals surface area contributed by atoms with Crippen LogP contribution in [0, 0.1) is 5.92 Å². The molecule has 1 aromatic rings. The van der Waals surface area contributed by atoms with Gasteiger partial charge in [-0.2, -0.15) is 0 Å². The van der Waals surface area contributed by atoms with Gasteiger partial charge in [-0.25, -0.2) is 4.79 Å². The number of nitrogens with one attached hydrogen (secondary N) is 1. The molecule has 0 radical (unpaired) electrons. The van der Waals surface area contributed by atoms with Gasteiger partial charge in [-0.05, 0) is 25.2 Å². The molecule has 0 aromatic carbocycles. The normalized spacial score (nSPS) is 18.9. The van der Waals surface area contributed by atoms with Crippen LogP contribution in [0.4, 0.5) is 0 Å². The minimum Gasteiger partial charge on any atom is -0.494 e. The maximum absolute atomic E-state index is 11.7. The summed E-state index contributed by atoms with van der Waals surface area (Å²) in [6.45, 7) is 3.80. The summed E-state index contributed by atoms with van der Waals surface area (Å²) in [5.41, 5.74) is -0.726. The van der Waals surface area contributed by atoms with Crippen LogP contribution in [-0.2, 0) is 17.7 Å². The van der Waals surface area contributed by atoms with Crippen LogP contribution in [0.2, 0.25) is 0 Å². The summed E-state index contributed by atoms with van der Waals surface area (Å²) in [5, 5.41) is 10.1. The minimum atomic E-state index is -0.540. The average molecular weight is 268 g/mol. The summed E-state index contributed by atoms with van der Waals surface area (Å²) in [6, 6.07) is 0. The Morgan fingerprint density at radius 1 is 1.47 bits per heavy atom. The molecule has 0 bridgehead atoms. The van der Waals surface area contributed by atoms with Crippen LogP contribution in [0.25, 0.3) is 0 Å². The van der Waals surface area contributed by atoms with Gasteiger partial charge in [-0.15, -0.1) is 0 Å². The monoisotopic (exact) mass is 268 g/mol. The van der Waals surface area contributed by atoms with Crippen molar-refractivity contribution in [3.63, 3.8) is 0 Å². The van der Waals surface area contributed by atoms with E-state index in [2.05, 4.69) is 4.98 Å². The number of aromatic hydroxyl groups is 1. The molecule has 1 unspecified atom stereocenters. The molecule has 19 heavy (non-hydrogen) atoms. The summed E-state index contributed by atoms with van der Waals surface area (Å²) < 4.78 is 6.53. The van der Waals surface area contributed by atoms with Crippen molar-refractivity contribution in [2.75, 3.05) is 13.2 Å². The van der Waals surface area contributed by atoms with Gasteiger partial charge in [0.05, 0.1) is 5.56 Å². The van der Waals surface area contributed by atoms with Crippen LogP contribution in [0.3, 0.4) is 0 Å². The summed E-state index contributed by atoms with van der Waals surface area (Å²) >= 11 is 0. The number of hydrogen-bond donors (Lipinski definition) is 2. The van der Waals surface area contributed by atoms with E-state index in [0.717, 1.165) is 25.9 Å². The van der Waals surface area contributed by atoms with Gasteiger partial charge < -0.3 is 9.84 Å². The van der Waals surface area contributed by atoms with E-state index < -0.39 is 11.2 Å². The first kappa shape index (κ1) is 13.9. The van der Waals surface area contributed by atoms with Gasteiger partial charge in [0.2, 0.25) is 5.88 Å². The zero-order chi connectivity index (χ0) is 13.8. The lowest BCUT2D eigenvalue weighted by Gasteiger charge is -2.13. The van der Waals surface area contributed by atoms with Crippen molar-refractivity contribution in [3.8, 4) is 5.88 Å². The highest BCUT2D eigenvalue weighted by molar-refractivity contribution is 5.22. The largest absolute Gasteiger partial charge is 0.494 e. The highest BCUT2D eigenvalue weighted by atomic mass is 16.5. The fourth-order valence-corrected chi connectivity index (χ4v) is 2.41. The summed E-state index contributed by atoms with van der Waals surface area (Å²) in [4.78, 5) is 25.6. The van der Waals surface area contributed by atoms with Crippen LogP contribution >= 0.6 is 0 Å². The molecular weight excluding hydrogens is 248 g/mol. The van der Waals surface area contributed by atoms with E-state index in [1.54, 1.807) is 0 Å². The Morgan fingerprint density at radius 2 is 2.26 bits per heavy atom. The van der Waals surface area contributed by atoms with Crippen molar-refractivity contribution in [1.29, 1.82) is 0 Å². The smallest absolute Gasteiger partial charge is 0.331 e. The lowest BCUT2D eigenvalue weighted by Crippen LogP contribution is -2.32. The SMILES string of the molecule is CCCc1c(O)n(CCC2CCOC2)c(=O)[nH]c1=O. The molecule has 2 rings (SSSR count). The van der Waals surface area contributed by atoms with Crippen molar-refractivity contribution >= 4 is 0 Å². The van der Waals surface area contributed by atoms with E-state index >= 15 is 0 Å². The first-order valence-electron chi connectivity index (χ1n) is 6.76. The number of aromatic amines is 1. The van der Waals surface area contributed by atoms with Gasteiger partial charge >= 0.3 is 5.69 Å². The Hall–Kier alpha value is -1.56. The van der Waals surface area contributed by atoms with Crippen LogP contribution in [-0.4, -0.2) is 27.9 Å². The predicted octanol–water partition coefficient (Wildman–Crippen LogP) is 0.621. The molecule has 1 aromatic heterocycles. The Balaban J connectivity index is 2.21. The molecule has 106 valence electrons. The lowest BCUT2D eigenvalue weighted by molar-refractivity contribution is 0.182. The quantitative estimate of drug-likeness (QED) is 0.820. The third-order valence-electron chi connectivity index (χ3n) is 3.55. The third kappa shape index (κ3) is 3.07. The van der Waals surface area contributed by atoms with Crippen molar-refractivity contribution in [2.45, 2.75) is 39.2 Å². The molecule has 1 aliphatic heterocycles. The first-order chi connectivity index (χ1) is 9.13. The number of hydrogen-bond acceptors (Lipinski definition) is 4. The van der Waals surface area contributed by atoms with E-state index in [9.17, 15) is 14.7 Å². The second-order valence-electron chi connectivity index (χ2n) is 4.98. The van der Waals surface area contributed by atoms with Gasteiger partial charge in [0.1, 0.15) is 0 Å². The Bertz CT molecular complexity index is 541. The molecule has 6 nitrogen and oxygen atoms in total. The van der Waals surface area contributed by atoms with Crippen molar-refractivity contribution < 1.29 is 9.84 Å². The average Bonchev–Trinajstić information content (AvgIpc) is 2.87. The Kier molecular flexibility index (Phi) is 4.42. The maximum atomic E-state index is 11.7. The fourth-order valence-electron chi connectivity index (χ4n) is 2.41. The van der Waals surface area contributed by atoms with Crippen LogP contribution in [0.15, 0.2) is 9.59 Å². The highest BCUT2D eigenvalue weighted by Gasteiger charge is 2.18. The first-order valence-corrected chi connectivity index (χ1v) is 6.76. The van der Waals surface area contributed by atoms with Gasteiger partial charge in [0, 0.05) is 19.8 Å². The molecule has 1 fully saturated rings. The molecule has 1 atom stereocenters. The molecule has 1 saturated heterocycles. The van der Waals surface area contributed by atoms with Crippen LogP contribution in [0.1, 0.15) is 31.7 Å². The lowest BCUT2D eigenvalue weighted by atomic mass is 10.1. The maximum Gasteiger partial charge on any atom is 0.331 e. The Labute approximate surface area is 111 Å². The van der Waals surface area contributed by atoms with Gasteiger partial charge in [-0.1, -0.05) is 13.3 Å². The van der Waals surface area contributed by atoms with Crippen LogP contribution in [0.5, 0.6) is 5.88 Å². The minimum absolute atomic E-state index is 0.186. The number of rotatable bonds is 5. The number of aromatic nitrogens is 2. The summed E-state index contributed by atoms with van der Waals surface area (Å²) in [6.07, 6.45) is 2.96. The van der Waals surface area contributed by atoms with E-state index in [4.69, 9.17) is 4.74 Å². The second-order valence-corrected chi connectivity index (χ2v) is 4.98. The standard InChI is InChI=1S/C13H20N2O4/c1-2-3-10-11(16)14-13(18)15(12(10)17)6-4-9-5-7-19-8-9/h9,17H,2-8H2,1H3,(H,14,16,18). The number of H-pyrrole nitrogens is 1. The molecule has 2 N–H and O–H groups in total. The highest BCUT2D eigenvalue weighted by Crippen LogP contribution is 2.19. The van der Waals surface area contributed by atoms with Gasteiger partial charge in [-0.3, -0.25) is 14.3 Å². The van der Waals surface area contributed by atoms with E-state index in [-0.39, 0.29) is 5.88 Å². The molecule has 2 heterocycles. The van der Waals surface area contributed by atoms with E-state index in [1.165, 1.54) is 4.57 Å². The second kappa shape index (κ2) is 6.06. The zero-order valence-corrected chi connectivity index (χ0v) is 11.1. The summed E-state index contributed by atoms with van der Waals surface area (Å²) in [7, 11) is 0. The topological polar surface area (TPSA) is 84.3 Å². The van der Waals surface area contributed by atoms with Crippen LogP contribution < -0.4 is 11.2 Å². The molecule has 0 saturated carbocycles. The fraction of sp³-hybridized carbons (Fsp3) is 0.692. The van der Waals surface area contributed by atoms with Gasteiger partial charge in [0.15, 0.2) is 0 Å².